The number of primary amides is 1. The van der Waals surface area contributed by atoms with Gasteiger partial charge in [0.1, 0.15) is 0 Å². The molecule has 0 aliphatic carbocycles. The molecule has 0 unspecified atom stereocenters. The Kier molecular flexibility index (Phi) is 15.1. The molecule has 1 fully saturated rings. The van der Waals surface area contributed by atoms with Crippen LogP contribution < -0.4 is 11.1 Å². The van der Waals surface area contributed by atoms with E-state index in [9.17, 15) is 4.79 Å². The average molecular weight is 252 g/mol. The molecule has 1 heterocycles. The quantitative estimate of drug-likeness (QED) is 0.773. The van der Waals surface area contributed by atoms with E-state index in [4.69, 9.17) is 5.73 Å². The molecule has 0 aromatic rings. The van der Waals surface area contributed by atoms with Crippen LogP contribution in [0.2, 0.25) is 0 Å². The number of rotatable bonds is 2. The number of hydrogen-bond donors (Lipinski definition) is 2. The Morgan fingerprint density at radius 2 is 1.69 bits per heavy atom. The Morgan fingerprint density at radius 1 is 1.23 bits per heavy atom. The number of amides is 1. The van der Waals surface area contributed by atoms with Crippen molar-refractivity contribution in [2.75, 3.05) is 13.1 Å². The van der Waals surface area contributed by atoms with Crippen molar-refractivity contribution in [2.24, 2.45) is 11.7 Å². The number of halogens is 3. The first-order chi connectivity index (χ1) is 4.79. The molecule has 0 spiro atoms. The van der Waals surface area contributed by atoms with Crippen LogP contribution in [0.1, 0.15) is 19.3 Å². The molecule has 0 aromatic heterocycles. The van der Waals surface area contributed by atoms with Gasteiger partial charge in [0.15, 0.2) is 0 Å². The van der Waals surface area contributed by atoms with Crippen LogP contribution in [-0.2, 0) is 4.79 Å². The molecular formula is C7H17Cl3N2O. The van der Waals surface area contributed by atoms with Crippen LogP contribution in [0.15, 0.2) is 0 Å². The zero-order valence-electron chi connectivity index (χ0n) is 7.32. The third-order valence-electron chi connectivity index (χ3n) is 1.95. The van der Waals surface area contributed by atoms with E-state index in [1.165, 1.54) is 0 Å². The van der Waals surface area contributed by atoms with E-state index in [1.54, 1.807) is 0 Å². The second kappa shape index (κ2) is 10.4. The molecule has 1 saturated heterocycles. The zero-order chi connectivity index (χ0) is 7.40. The monoisotopic (exact) mass is 250 g/mol. The van der Waals surface area contributed by atoms with Crippen LogP contribution in [0.25, 0.3) is 0 Å². The highest BCUT2D eigenvalue weighted by molar-refractivity contribution is 5.86. The second-order valence-electron chi connectivity index (χ2n) is 2.86. The fourth-order valence-electron chi connectivity index (χ4n) is 1.37. The highest BCUT2D eigenvalue weighted by Crippen LogP contribution is 2.14. The van der Waals surface area contributed by atoms with Crippen molar-refractivity contribution in [3.8, 4) is 0 Å². The Hall–Kier alpha value is 0.300. The molecule has 1 aliphatic heterocycles. The first-order valence-corrected chi connectivity index (χ1v) is 3.78. The molecule has 82 valence electrons. The number of hydrogen-bond acceptors (Lipinski definition) is 2. The topological polar surface area (TPSA) is 55.1 Å². The van der Waals surface area contributed by atoms with Gasteiger partial charge in [0, 0.05) is 6.42 Å². The summed E-state index contributed by atoms with van der Waals surface area (Å²) < 4.78 is 0. The normalized spacial score (nSPS) is 16.0. The first-order valence-electron chi connectivity index (χ1n) is 3.78. The molecule has 0 saturated carbocycles. The average Bonchev–Trinajstić information content (AvgIpc) is 1.88. The van der Waals surface area contributed by atoms with Crippen molar-refractivity contribution >= 4 is 43.1 Å². The fourth-order valence-corrected chi connectivity index (χ4v) is 1.37. The number of carbonyl (C=O) groups excluding carboxylic acids is 1. The van der Waals surface area contributed by atoms with Crippen molar-refractivity contribution in [3.63, 3.8) is 0 Å². The molecule has 0 bridgehead atoms. The van der Waals surface area contributed by atoms with Gasteiger partial charge in [-0.15, -0.1) is 37.2 Å². The SMILES string of the molecule is Cl.Cl.Cl.NC(=O)CC1CCNCC1. The smallest absolute Gasteiger partial charge is 0.217 e. The Bertz CT molecular complexity index is 129. The maximum atomic E-state index is 10.5. The minimum Gasteiger partial charge on any atom is -0.370 e. The molecule has 1 amide bonds. The van der Waals surface area contributed by atoms with Crippen molar-refractivity contribution in [3.05, 3.63) is 0 Å². The third kappa shape index (κ3) is 8.63. The molecule has 1 rings (SSSR count). The van der Waals surface area contributed by atoms with Crippen molar-refractivity contribution in [1.29, 1.82) is 0 Å². The van der Waals surface area contributed by atoms with E-state index in [-0.39, 0.29) is 43.1 Å². The van der Waals surface area contributed by atoms with E-state index in [2.05, 4.69) is 5.32 Å². The summed E-state index contributed by atoms with van der Waals surface area (Å²) >= 11 is 0. The summed E-state index contributed by atoms with van der Waals surface area (Å²) in [4.78, 5) is 10.5. The van der Waals surface area contributed by atoms with Gasteiger partial charge in [-0.3, -0.25) is 4.79 Å². The fraction of sp³-hybridized carbons (Fsp3) is 0.857. The molecule has 0 aromatic carbocycles. The van der Waals surface area contributed by atoms with Gasteiger partial charge in [-0.2, -0.15) is 0 Å². The van der Waals surface area contributed by atoms with E-state index in [0.717, 1.165) is 25.9 Å². The molecule has 0 atom stereocenters. The lowest BCUT2D eigenvalue weighted by Crippen LogP contribution is -2.30. The predicted molar refractivity (Wildman–Crippen MR) is 61.1 cm³/mol. The van der Waals surface area contributed by atoms with E-state index in [1.807, 2.05) is 0 Å². The second-order valence-corrected chi connectivity index (χ2v) is 2.86. The van der Waals surface area contributed by atoms with Gasteiger partial charge in [-0.1, -0.05) is 0 Å². The minimum atomic E-state index is -0.160. The molecule has 3 nitrogen and oxygen atoms in total. The van der Waals surface area contributed by atoms with Crippen molar-refractivity contribution < 1.29 is 4.79 Å². The number of nitrogens with one attached hydrogen (secondary N) is 1. The van der Waals surface area contributed by atoms with Gasteiger partial charge >= 0.3 is 0 Å². The van der Waals surface area contributed by atoms with Gasteiger partial charge in [0.05, 0.1) is 0 Å². The van der Waals surface area contributed by atoms with Crippen LogP contribution >= 0.6 is 37.2 Å². The highest BCUT2D eigenvalue weighted by Gasteiger charge is 2.14. The summed E-state index contributed by atoms with van der Waals surface area (Å²) in [5.74, 6) is 0.380. The van der Waals surface area contributed by atoms with E-state index >= 15 is 0 Å². The van der Waals surface area contributed by atoms with Gasteiger partial charge in [0.25, 0.3) is 0 Å². The zero-order valence-corrected chi connectivity index (χ0v) is 9.77. The van der Waals surface area contributed by atoms with Crippen molar-refractivity contribution in [1.82, 2.24) is 5.32 Å². The maximum Gasteiger partial charge on any atom is 0.217 e. The molecule has 3 N–H and O–H groups in total. The van der Waals surface area contributed by atoms with Crippen molar-refractivity contribution in [2.45, 2.75) is 19.3 Å². The molecular weight excluding hydrogens is 234 g/mol. The van der Waals surface area contributed by atoms with E-state index in [0.29, 0.717) is 12.3 Å². The number of carbonyl (C=O) groups is 1. The summed E-state index contributed by atoms with van der Waals surface area (Å²) in [6, 6.07) is 0. The van der Waals surface area contributed by atoms with E-state index < -0.39 is 0 Å². The largest absolute Gasteiger partial charge is 0.370 e. The van der Waals surface area contributed by atoms with Crippen LogP contribution in [0.4, 0.5) is 0 Å². The Labute approximate surface area is 97.4 Å². The third-order valence-corrected chi connectivity index (χ3v) is 1.95. The summed E-state index contributed by atoms with van der Waals surface area (Å²) in [5.41, 5.74) is 5.06. The molecule has 6 heteroatoms. The lowest BCUT2D eigenvalue weighted by Gasteiger charge is -2.20. The summed E-state index contributed by atoms with van der Waals surface area (Å²) in [6.45, 7) is 2.08. The summed E-state index contributed by atoms with van der Waals surface area (Å²) in [6.07, 6.45) is 2.77. The van der Waals surface area contributed by atoms with Crippen LogP contribution in [0, 0.1) is 5.92 Å². The highest BCUT2D eigenvalue weighted by atomic mass is 35.5. The lowest BCUT2D eigenvalue weighted by atomic mass is 9.95. The Morgan fingerprint density at radius 3 is 2.08 bits per heavy atom. The molecule has 13 heavy (non-hydrogen) atoms. The van der Waals surface area contributed by atoms with Crippen LogP contribution in [0.3, 0.4) is 0 Å². The van der Waals surface area contributed by atoms with Crippen LogP contribution in [-0.4, -0.2) is 19.0 Å². The first kappa shape index (κ1) is 19.0. The van der Waals surface area contributed by atoms with Gasteiger partial charge in [0.2, 0.25) is 5.91 Å². The predicted octanol–water partition coefficient (Wildman–Crippen LogP) is 1.13. The van der Waals surface area contributed by atoms with Gasteiger partial charge in [-0.25, -0.2) is 0 Å². The van der Waals surface area contributed by atoms with Crippen LogP contribution in [0.5, 0.6) is 0 Å². The number of piperidine rings is 1. The molecule has 1 aliphatic rings. The van der Waals surface area contributed by atoms with Gasteiger partial charge in [-0.05, 0) is 31.8 Å². The Balaban J connectivity index is -0.000000333. The summed E-state index contributed by atoms with van der Waals surface area (Å²) in [5, 5.41) is 3.24. The summed E-state index contributed by atoms with van der Waals surface area (Å²) in [7, 11) is 0. The lowest BCUT2D eigenvalue weighted by molar-refractivity contribution is -0.119. The number of nitrogens with two attached hydrogens (primary N) is 1. The maximum absolute atomic E-state index is 10.5. The minimum absolute atomic E-state index is 0. The molecule has 0 radical (unpaired) electrons. The van der Waals surface area contributed by atoms with Gasteiger partial charge < -0.3 is 11.1 Å². The standard InChI is InChI=1S/C7H14N2O.3ClH/c8-7(10)5-6-1-3-9-4-2-6;;;/h6,9H,1-5H2,(H2,8,10);3*1H.